The molecule has 0 saturated heterocycles. The second kappa shape index (κ2) is 13.7. The average Bonchev–Trinajstić information content (AvgIpc) is 2.66. The minimum Gasteiger partial charge on any atom is -0.549 e. The van der Waals surface area contributed by atoms with Crippen molar-refractivity contribution in [1.82, 2.24) is 0 Å². The third kappa shape index (κ3) is 9.02. The number of hydrogen-bond acceptors (Lipinski definition) is 6. The molecule has 0 atom stereocenters. The van der Waals surface area contributed by atoms with E-state index in [1.54, 1.807) is 12.1 Å². The van der Waals surface area contributed by atoms with Crippen LogP contribution in [0.5, 0.6) is 0 Å². The zero-order chi connectivity index (χ0) is 20.8. The molecule has 6 heteroatoms. The SMILES string of the molecule is CCCCCCCCCCCCNc1ccc(C(=O)C(C(=O)[O-])C(=O)[O-])cc1. The van der Waals surface area contributed by atoms with Crippen molar-refractivity contribution >= 4 is 23.4 Å². The number of nitrogens with one attached hydrogen (secondary N) is 1. The van der Waals surface area contributed by atoms with E-state index in [1.165, 1.54) is 63.5 Å². The van der Waals surface area contributed by atoms with Crippen molar-refractivity contribution in [2.75, 3.05) is 11.9 Å². The Balaban J connectivity index is 2.22. The number of anilines is 1. The lowest BCUT2D eigenvalue weighted by Crippen LogP contribution is -2.47. The molecule has 0 spiro atoms. The van der Waals surface area contributed by atoms with Crippen LogP contribution in [0.15, 0.2) is 24.3 Å². The fourth-order valence-corrected chi connectivity index (χ4v) is 3.07. The quantitative estimate of drug-likeness (QED) is 0.264. The lowest BCUT2D eigenvalue weighted by molar-refractivity contribution is -0.328. The highest BCUT2D eigenvalue weighted by molar-refractivity contribution is 6.19. The molecule has 0 aliphatic rings. The summed E-state index contributed by atoms with van der Waals surface area (Å²) in [5.41, 5.74) is 0.800. The zero-order valence-electron chi connectivity index (χ0n) is 16.7. The third-order valence-corrected chi connectivity index (χ3v) is 4.76. The third-order valence-electron chi connectivity index (χ3n) is 4.76. The normalized spacial score (nSPS) is 10.8. The number of benzene rings is 1. The molecule has 0 amide bonds. The molecule has 1 rings (SSSR count). The first kappa shape index (κ1) is 23.7. The van der Waals surface area contributed by atoms with Gasteiger partial charge < -0.3 is 25.1 Å². The molecule has 0 unspecified atom stereocenters. The van der Waals surface area contributed by atoms with Gasteiger partial charge in [0.15, 0.2) is 5.78 Å². The zero-order valence-corrected chi connectivity index (χ0v) is 16.7. The monoisotopic (exact) mass is 389 g/mol. The minimum atomic E-state index is -2.29. The molecule has 0 saturated carbocycles. The van der Waals surface area contributed by atoms with Gasteiger partial charge in [-0.2, -0.15) is 0 Å². The largest absolute Gasteiger partial charge is 0.549 e. The van der Waals surface area contributed by atoms with Gasteiger partial charge in [-0.05, 0) is 30.7 Å². The maximum atomic E-state index is 11.9. The van der Waals surface area contributed by atoms with Crippen LogP contribution in [-0.4, -0.2) is 24.3 Å². The maximum absolute atomic E-state index is 11.9. The van der Waals surface area contributed by atoms with E-state index in [2.05, 4.69) is 12.2 Å². The molecule has 0 heterocycles. The Morgan fingerprint density at radius 3 is 1.71 bits per heavy atom. The molecule has 1 aromatic rings. The number of carbonyl (C=O) groups is 3. The minimum absolute atomic E-state index is 0.00267. The predicted octanol–water partition coefficient (Wildman–Crippen LogP) is 2.32. The van der Waals surface area contributed by atoms with Gasteiger partial charge in [0.2, 0.25) is 0 Å². The highest BCUT2D eigenvalue weighted by atomic mass is 16.4. The van der Waals surface area contributed by atoms with Gasteiger partial charge in [-0.3, -0.25) is 4.79 Å². The van der Waals surface area contributed by atoms with E-state index in [-0.39, 0.29) is 5.56 Å². The molecule has 0 aliphatic carbocycles. The summed E-state index contributed by atoms with van der Waals surface area (Å²) in [6.45, 7) is 3.04. The van der Waals surface area contributed by atoms with Crippen molar-refractivity contribution in [3.8, 4) is 0 Å². The van der Waals surface area contributed by atoms with Gasteiger partial charge in [0.25, 0.3) is 0 Å². The Morgan fingerprint density at radius 1 is 0.786 bits per heavy atom. The van der Waals surface area contributed by atoms with Crippen LogP contribution in [0.4, 0.5) is 5.69 Å². The number of aliphatic carboxylic acids is 2. The van der Waals surface area contributed by atoms with Crippen molar-refractivity contribution in [1.29, 1.82) is 0 Å². The first-order valence-electron chi connectivity index (χ1n) is 10.3. The number of carbonyl (C=O) groups excluding carboxylic acids is 3. The molecule has 0 fully saturated rings. The molecule has 0 aromatic heterocycles. The Hall–Kier alpha value is -2.37. The predicted molar refractivity (Wildman–Crippen MR) is 105 cm³/mol. The topological polar surface area (TPSA) is 109 Å². The molecule has 28 heavy (non-hydrogen) atoms. The van der Waals surface area contributed by atoms with Crippen LogP contribution >= 0.6 is 0 Å². The molecule has 156 valence electrons. The molecule has 0 radical (unpaired) electrons. The van der Waals surface area contributed by atoms with E-state index in [0.717, 1.165) is 25.1 Å². The Morgan fingerprint density at radius 2 is 1.25 bits per heavy atom. The van der Waals surface area contributed by atoms with Crippen molar-refractivity contribution in [3.05, 3.63) is 29.8 Å². The van der Waals surface area contributed by atoms with Crippen LogP contribution < -0.4 is 15.5 Å². The summed E-state index contributed by atoms with van der Waals surface area (Å²) < 4.78 is 0. The summed E-state index contributed by atoms with van der Waals surface area (Å²) in [4.78, 5) is 33.5. The van der Waals surface area contributed by atoms with Crippen molar-refractivity contribution < 1.29 is 24.6 Å². The number of carboxylic acid groups (broad SMARTS) is 2. The summed E-state index contributed by atoms with van der Waals surface area (Å²) in [7, 11) is 0. The fraction of sp³-hybridized carbons (Fsp3) is 0.591. The lowest BCUT2D eigenvalue weighted by Gasteiger charge is -2.17. The second-order valence-electron chi connectivity index (χ2n) is 7.12. The van der Waals surface area contributed by atoms with E-state index in [4.69, 9.17) is 0 Å². The van der Waals surface area contributed by atoms with Crippen molar-refractivity contribution in [2.24, 2.45) is 5.92 Å². The first-order chi connectivity index (χ1) is 13.5. The summed E-state index contributed by atoms with van der Waals surface area (Å²) >= 11 is 0. The molecule has 0 bridgehead atoms. The fourth-order valence-electron chi connectivity index (χ4n) is 3.07. The highest BCUT2D eigenvalue weighted by Crippen LogP contribution is 2.14. The Kier molecular flexibility index (Phi) is 11.6. The second-order valence-corrected chi connectivity index (χ2v) is 7.12. The molecule has 6 nitrogen and oxygen atoms in total. The standard InChI is InChI=1S/C22H33NO5/c1-2-3-4-5-6-7-8-9-10-11-16-23-18-14-12-17(13-15-18)20(24)19(21(25)26)22(27)28/h12-15,19,23H,2-11,16H2,1H3,(H,25,26)(H,27,28)/p-2. The van der Waals surface area contributed by atoms with Crippen LogP contribution in [0, 0.1) is 5.92 Å². The molecule has 0 aliphatic heterocycles. The molecular weight excluding hydrogens is 358 g/mol. The molecular formula is C22H31NO5-2. The number of Topliss-reactive ketones (excluding diaryl/α,β-unsaturated/α-hetero) is 1. The summed E-state index contributed by atoms with van der Waals surface area (Å²) in [5, 5.41) is 24.8. The highest BCUT2D eigenvalue weighted by Gasteiger charge is 2.22. The van der Waals surface area contributed by atoms with Gasteiger partial charge >= 0.3 is 0 Å². The summed E-state index contributed by atoms with van der Waals surface area (Å²) in [6, 6.07) is 6.07. The van der Waals surface area contributed by atoms with Crippen LogP contribution in [-0.2, 0) is 9.59 Å². The maximum Gasteiger partial charge on any atom is 0.177 e. The van der Waals surface area contributed by atoms with Gasteiger partial charge in [0.1, 0.15) is 5.92 Å². The van der Waals surface area contributed by atoms with Crippen LogP contribution in [0.25, 0.3) is 0 Å². The van der Waals surface area contributed by atoms with E-state index in [1.807, 2.05) is 0 Å². The Bertz CT molecular complexity index is 598. The smallest absolute Gasteiger partial charge is 0.177 e. The first-order valence-corrected chi connectivity index (χ1v) is 10.3. The number of hydrogen-bond donors (Lipinski definition) is 1. The number of rotatable bonds is 16. The van der Waals surface area contributed by atoms with Crippen LogP contribution in [0.1, 0.15) is 81.5 Å². The number of carboxylic acids is 2. The summed E-state index contributed by atoms with van der Waals surface area (Å²) in [5.74, 6) is -7.26. The number of unbranched alkanes of at least 4 members (excludes halogenated alkanes) is 9. The van der Waals surface area contributed by atoms with Crippen LogP contribution in [0.3, 0.4) is 0 Å². The van der Waals surface area contributed by atoms with Gasteiger partial charge in [-0.1, -0.05) is 64.7 Å². The lowest BCUT2D eigenvalue weighted by atomic mass is 9.97. The average molecular weight is 389 g/mol. The van der Waals surface area contributed by atoms with E-state index in [0.29, 0.717) is 0 Å². The Labute approximate surface area is 167 Å². The van der Waals surface area contributed by atoms with Crippen LogP contribution in [0.2, 0.25) is 0 Å². The van der Waals surface area contributed by atoms with E-state index < -0.39 is 23.6 Å². The molecule has 1 N–H and O–H groups in total. The van der Waals surface area contributed by atoms with Gasteiger partial charge in [-0.15, -0.1) is 0 Å². The summed E-state index contributed by atoms with van der Waals surface area (Å²) in [6.07, 6.45) is 12.7. The van der Waals surface area contributed by atoms with Gasteiger partial charge in [0.05, 0.1) is 11.9 Å². The van der Waals surface area contributed by atoms with Gasteiger partial charge in [0, 0.05) is 17.8 Å². The van der Waals surface area contributed by atoms with Crippen molar-refractivity contribution in [3.63, 3.8) is 0 Å². The van der Waals surface area contributed by atoms with Gasteiger partial charge in [-0.25, -0.2) is 0 Å². The van der Waals surface area contributed by atoms with E-state index in [9.17, 15) is 24.6 Å². The van der Waals surface area contributed by atoms with Crippen molar-refractivity contribution in [2.45, 2.75) is 71.1 Å². The number of ketones is 1. The molecule has 1 aromatic carbocycles. The van der Waals surface area contributed by atoms with E-state index >= 15 is 0 Å².